The maximum absolute atomic E-state index is 13.5. The fourth-order valence-electron chi connectivity index (χ4n) is 6.65. The molecular weight excluding hydrogens is 479 g/mol. The van der Waals surface area contributed by atoms with Crippen LogP contribution in [0.2, 0.25) is 0 Å². The molecule has 2 fully saturated rings. The van der Waals surface area contributed by atoms with Gasteiger partial charge in [0.15, 0.2) is 5.78 Å². The SMILES string of the molecule is Cc1cc([C@H](CO)O[C@H]2CC[C@@H]3CN(C4=CC(=O)CC4)C[C@H]3[C@@H]2c2ccccc2C)cc(C(F)(F)F)c1. The van der Waals surface area contributed by atoms with Crippen LogP contribution in [0.5, 0.6) is 0 Å². The van der Waals surface area contributed by atoms with Gasteiger partial charge in [-0.1, -0.05) is 35.9 Å². The number of ether oxygens (including phenoxy) is 1. The number of aliphatic hydroxyl groups excluding tert-OH is 1. The summed E-state index contributed by atoms with van der Waals surface area (Å²) in [5, 5.41) is 10.3. The van der Waals surface area contributed by atoms with Crippen LogP contribution in [-0.2, 0) is 15.7 Å². The largest absolute Gasteiger partial charge is 0.416 e. The average Bonchev–Trinajstić information content (AvgIpc) is 3.48. The first kappa shape index (κ1) is 26.0. The summed E-state index contributed by atoms with van der Waals surface area (Å²) in [4.78, 5) is 14.2. The van der Waals surface area contributed by atoms with Crippen molar-refractivity contribution in [3.63, 3.8) is 0 Å². The molecule has 1 N–H and O–H groups in total. The first-order valence-corrected chi connectivity index (χ1v) is 13.1. The van der Waals surface area contributed by atoms with Gasteiger partial charge in [-0.05, 0) is 73.8 Å². The summed E-state index contributed by atoms with van der Waals surface area (Å²) >= 11 is 0. The highest BCUT2D eigenvalue weighted by Crippen LogP contribution is 2.49. The lowest BCUT2D eigenvalue weighted by Crippen LogP contribution is -2.39. The summed E-state index contributed by atoms with van der Waals surface area (Å²) in [7, 11) is 0. The number of aryl methyl sites for hydroxylation is 2. The second kappa shape index (κ2) is 10.3. The fraction of sp³-hybridized carbons (Fsp3) is 0.500. The molecule has 0 unspecified atom stereocenters. The zero-order valence-corrected chi connectivity index (χ0v) is 21.3. The summed E-state index contributed by atoms with van der Waals surface area (Å²) < 4.78 is 47.1. The highest BCUT2D eigenvalue weighted by Gasteiger charge is 2.47. The molecular formula is C30H34F3NO3. The smallest absolute Gasteiger partial charge is 0.393 e. The van der Waals surface area contributed by atoms with Gasteiger partial charge in [0.2, 0.25) is 0 Å². The molecule has 1 heterocycles. The van der Waals surface area contributed by atoms with Crippen LogP contribution in [-0.4, -0.2) is 41.6 Å². The molecule has 0 spiro atoms. The predicted molar refractivity (Wildman–Crippen MR) is 135 cm³/mol. The molecule has 2 aromatic rings. The number of hydrogen-bond donors (Lipinski definition) is 1. The highest BCUT2D eigenvalue weighted by atomic mass is 19.4. The lowest BCUT2D eigenvalue weighted by Gasteiger charge is -2.41. The van der Waals surface area contributed by atoms with Crippen molar-refractivity contribution < 1.29 is 27.8 Å². The number of hydrogen-bond acceptors (Lipinski definition) is 4. The van der Waals surface area contributed by atoms with Crippen LogP contribution < -0.4 is 0 Å². The zero-order valence-electron chi connectivity index (χ0n) is 21.3. The molecule has 1 saturated heterocycles. The summed E-state index contributed by atoms with van der Waals surface area (Å²) in [5.74, 6) is 0.968. The Morgan fingerprint density at radius 2 is 1.86 bits per heavy atom. The van der Waals surface area contributed by atoms with E-state index in [9.17, 15) is 23.1 Å². The van der Waals surface area contributed by atoms with Crippen LogP contribution in [0, 0.1) is 25.7 Å². The molecule has 3 aliphatic rings. The number of benzene rings is 2. The van der Waals surface area contributed by atoms with Crippen molar-refractivity contribution in [2.45, 2.75) is 63.8 Å². The number of likely N-dealkylation sites (tertiary alicyclic amines) is 1. The van der Waals surface area contributed by atoms with Crippen molar-refractivity contribution in [1.82, 2.24) is 4.90 Å². The number of ketones is 1. The molecule has 37 heavy (non-hydrogen) atoms. The summed E-state index contributed by atoms with van der Waals surface area (Å²) in [5.41, 5.74) is 3.57. The van der Waals surface area contributed by atoms with Crippen molar-refractivity contribution in [3.05, 3.63) is 82.1 Å². The third-order valence-electron chi connectivity index (χ3n) is 8.39. The lowest BCUT2D eigenvalue weighted by molar-refractivity contribution is -0.137. The molecule has 5 atom stereocenters. The van der Waals surface area contributed by atoms with Gasteiger partial charge < -0.3 is 14.7 Å². The lowest BCUT2D eigenvalue weighted by atomic mass is 9.68. The molecule has 0 radical (unpaired) electrons. The Balaban J connectivity index is 1.46. The molecule has 2 aliphatic carbocycles. The van der Waals surface area contributed by atoms with E-state index in [4.69, 9.17) is 4.74 Å². The van der Waals surface area contributed by atoms with E-state index in [2.05, 4.69) is 24.0 Å². The Morgan fingerprint density at radius 1 is 1.08 bits per heavy atom. The van der Waals surface area contributed by atoms with Gasteiger partial charge in [-0.25, -0.2) is 0 Å². The van der Waals surface area contributed by atoms with Crippen LogP contribution in [0.4, 0.5) is 13.2 Å². The van der Waals surface area contributed by atoms with Gasteiger partial charge in [-0.3, -0.25) is 4.79 Å². The minimum Gasteiger partial charge on any atom is -0.393 e. The zero-order chi connectivity index (χ0) is 26.3. The van der Waals surface area contributed by atoms with Crippen molar-refractivity contribution >= 4 is 5.78 Å². The maximum Gasteiger partial charge on any atom is 0.416 e. The number of carbonyl (C=O) groups excluding carboxylic acids is 1. The molecule has 1 saturated carbocycles. The van der Waals surface area contributed by atoms with E-state index < -0.39 is 24.5 Å². The molecule has 4 nitrogen and oxygen atoms in total. The number of alkyl halides is 3. The van der Waals surface area contributed by atoms with E-state index in [-0.39, 0.29) is 17.8 Å². The molecule has 7 heteroatoms. The molecule has 0 amide bonds. The van der Waals surface area contributed by atoms with Gasteiger partial charge in [0.25, 0.3) is 0 Å². The second-order valence-corrected chi connectivity index (χ2v) is 10.9. The van der Waals surface area contributed by atoms with E-state index in [1.807, 2.05) is 12.1 Å². The number of rotatable bonds is 6. The van der Waals surface area contributed by atoms with Crippen LogP contribution in [0.1, 0.15) is 65.5 Å². The minimum absolute atomic E-state index is 0.0450. The Bertz CT molecular complexity index is 1190. The monoisotopic (exact) mass is 513 g/mol. The van der Waals surface area contributed by atoms with E-state index in [1.54, 1.807) is 19.1 Å². The molecule has 0 bridgehead atoms. The van der Waals surface area contributed by atoms with Gasteiger partial charge >= 0.3 is 6.18 Å². The van der Waals surface area contributed by atoms with Crippen LogP contribution >= 0.6 is 0 Å². The number of aliphatic hydroxyl groups is 1. The van der Waals surface area contributed by atoms with Crippen LogP contribution in [0.3, 0.4) is 0 Å². The van der Waals surface area contributed by atoms with Crippen LogP contribution in [0.15, 0.2) is 54.2 Å². The van der Waals surface area contributed by atoms with E-state index in [0.29, 0.717) is 29.4 Å². The Morgan fingerprint density at radius 3 is 2.54 bits per heavy atom. The second-order valence-electron chi connectivity index (χ2n) is 10.9. The topological polar surface area (TPSA) is 49.8 Å². The normalized spacial score (nSPS) is 26.8. The van der Waals surface area contributed by atoms with Crippen molar-refractivity contribution in [2.75, 3.05) is 19.7 Å². The Labute approximate surface area is 216 Å². The Hall–Kier alpha value is -2.64. The van der Waals surface area contributed by atoms with Crippen molar-refractivity contribution in [2.24, 2.45) is 11.8 Å². The third kappa shape index (κ3) is 5.34. The highest BCUT2D eigenvalue weighted by molar-refractivity contribution is 5.92. The van der Waals surface area contributed by atoms with E-state index in [1.165, 1.54) is 5.56 Å². The number of nitrogens with zero attached hydrogens (tertiary/aromatic N) is 1. The first-order valence-electron chi connectivity index (χ1n) is 13.1. The standard InChI is InChI=1S/C30H34F3NO3/c1-18-11-21(13-22(12-18)30(31,32)33)28(17-35)37-27-10-7-20-15-34(23-8-9-24(36)14-23)16-26(20)29(27)25-6-4-3-5-19(25)2/h3-6,11-14,20,26-29,35H,7-10,15-17H2,1-2H3/t20-,26-,27+,28+,29+/m1/s1. The summed E-state index contributed by atoms with van der Waals surface area (Å²) in [6.07, 6.45) is -0.708. The van der Waals surface area contributed by atoms with Crippen molar-refractivity contribution in [1.29, 1.82) is 0 Å². The van der Waals surface area contributed by atoms with Gasteiger partial charge in [0.05, 0.1) is 18.3 Å². The number of carbonyl (C=O) groups is 1. The van der Waals surface area contributed by atoms with Crippen molar-refractivity contribution in [3.8, 4) is 0 Å². The number of halogens is 3. The van der Waals surface area contributed by atoms with Gasteiger partial charge in [0, 0.05) is 37.2 Å². The molecule has 5 rings (SSSR count). The quantitative estimate of drug-likeness (QED) is 0.506. The van der Waals surface area contributed by atoms with Crippen LogP contribution in [0.25, 0.3) is 0 Å². The van der Waals surface area contributed by atoms with Gasteiger partial charge in [-0.15, -0.1) is 0 Å². The number of allylic oxidation sites excluding steroid dienone is 2. The average molecular weight is 514 g/mol. The maximum atomic E-state index is 13.5. The first-order chi connectivity index (χ1) is 17.6. The van der Waals surface area contributed by atoms with Gasteiger partial charge in [-0.2, -0.15) is 13.2 Å². The van der Waals surface area contributed by atoms with E-state index in [0.717, 1.165) is 55.7 Å². The predicted octanol–water partition coefficient (Wildman–Crippen LogP) is 6.11. The minimum atomic E-state index is -4.47. The summed E-state index contributed by atoms with van der Waals surface area (Å²) in [6, 6.07) is 12.1. The summed E-state index contributed by atoms with van der Waals surface area (Å²) in [6.45, 7) is 5.06. The molecule has 0 aromatic heterocycles. The molecule has 1 aliphatic heterocycles. The van der Waals surface area contributed by atoms with E-state index >= 15 is 0 Å². The number of fused-ring (bicyclic) bond motifs is 1. The van der Waals surface area contributed by atoms with Gasteiger partial charge in [0.1, 0.15) is 6.10 Å². The Kier molecular flexibility index (Phi) is 7.20. The third-order valence-corrected chi connectivity index (χ3v) is 8.39. The fourth-order valence-corrected chi connectivity index (χ4v) is 6.65. The molecule has 2 aromatic carbocycles. The molecule has 198 valence electrons.